The maximum atomic E-state index is 12.7. The van der Waals surface area contributed by atoms with E-state index in [1.54, 1.807) is 24.3 Å². The lowest BCUT2D eigenvalue weighted by Crippen LogP contribution is -2.06. The van der Waals surface area contributed by atoms with Gasteiger partial charge in [-0.2, -0.15) is 13.2 Å². The number of alkyl halides is 3. The molecule has 1 aromatic heterocycles. The van der Waals surface area contributed by atoms with Crippen LogP contribution in [0.15, 0.2) is 48.5 Å². The van der Waals surface area contributed by atoms with Crippen molar-refractivity contribution in [1.82, 2.24) is 15.0 Å². The largest absolute Gasteiger partial charge is 0.416 e. The molecule has 3 rings (SSSR count). The zero-order valence-electron chi connectivity index (χ0n) is 12.1. The molecule has 0 aliphatic carbocycles. The number of aliphatic hydroxyl groups is 1. The van der Waals surface area contributed by atoms with Gasteiger partial charge in [-0.1, -0.05) is 28.9 Å². The normalized spacial score (nSPS) is 11.7. The van der Waals surface area contributed by atoms with Crippen molar-refractivity contribution in [3.63, 3.8) is 0 Å². The second-order valence-electron chi connectivity index (χ2n) is 5.01. The van der Waals surface area contributed by atoms with Crippen LogP contribution in [0, 0.1) is 0 Å². The van der Waals surface area contributed by atoms with Crippen LogP contribution in [-0.4, -0.2) is 20.1 Å². The van der Waals surface area contributed by atoms with Gasteiger partial charge in [-0.15, -0.1) is 5.10 Å². The Bertz CT molecular complexity index is 860. The zero-order chi connectivity index (χ0) is 17.3. The lowest BCUT2D eigenvalue weighted by Gasteiger charge is -2.10. The predicted octanol–water partition coefficient (Wildman–Crippen LogP) is 4.10. The van der Waals surface area contributed by atoms with E-state index in [1.165, 1.54) is 16.8 Å². The third kappa shape index (κ3) is 3.13. The molecule has 0 saturated heterocycles. The molecule has 0 amide bonds. The van der Waals surface area contributed by atoms with Gasteiger partial charge in [-0.3, -0.25) is 0 Å². The molecular formula is C16H11ClF3N3O. The predicted molar refractivity (Wildman–Crippen MR) is 82.7 cm³/mol. The highest BCUT2D eigenvalue weighted by atomic mass is 35.5. The molecule has 0 spiro atoms. The summed E-state index contributed by atoms with van der Waals surface area (Å²) >= 11 is 5.99. The van der Waals surface area contributed by atoms with E-state index >= 15 is 0 Å². The third-order valence-corrected chi connectivity index (χ3v) is 3.66. The summed E-state index contributed by atoms with van der Waals surface area (Å²) in [5, 5.41) is 17.8. The average Bonchev–Trinajstić information content (AvgIpc) is 2.98. The monoisotopic (exact) mass is 353 g/mol. The van der Waals surface area contributed by atoms with Gasteiger partial charge in [-0.05, 0) is 36.4 Å². The number of aromatic nitrogens is 3. The van der Waals surface area contributed by atoms with E-state index < -0.39 is 11.7 Å². The second-order valence-corrected chi connectivity index (χ2v) is 5.45. The van der Waals surface area contributed by atoms with Gasteiger partial charge in [0.2, 0.25) is 0 Å². The van der Waals surface area contributed by atoms with Crippen LogP contribution in [-0.2, 0) is 12.8 Å². The van der Waals surface area contributed by atoms with Crippen LogP contribution in [0.25, 0.3) is 16.9 Å². The Kier molecular flexibility index (Phi) is 4.29. The fourth-order valence-electron chi connectivity index (χ4n) is 2.32. The molecule has 1 N–H and O–H groups in total. The minimum absolute atomic E-state index is 0.303. The summed E-state index contributed by atoms with van der Waals surface area (Å²) in [5.74, 6) is 0. The maximum Gasteiger partial charge on any atom is 0.416 e. The summed E-state index contributed by atoms with van der Waals surface area (Å²) in [4.78, 5) is 0. The minimum atomic E-state index is -4.41. The fourth-order valence-corrected chi connectivity index (χ4v) is 2.51. The van der Waals surface area contributed by atoms with Crippen molar-refractivity contribution < 1.29 is 18.3 Å². The van der Waals surface area contributed by atoms with Gasteiger partial charge < -0.3 is 5.11 Å². The Morgan fingerprint density at radius 2 is 1.79 bits per heavy atom. The van der Waals surface area contributed by atoms with Crippen molar-refractivity contribution in [2.24, 2.45) is 0 Å². The van der Waals surface area contributed by atoms with E-state index in [0.29, 0.717) is 27.7 Å². The molecule has 124 valence electrons. The van der Waals surface area contributed by atoms with Crippen LogP contribution in [0.5, 0.6) is 0 Å². The zero-order valence-corrected chi connectivity index (χ0v) is 12.9. The first-order chi connectivity index (χ1) is 11.4. The summed E-state index contributed by atoms with van der Waals surface area (Å²) in [6.07, 6.45) is -4.41. The Morgan fingerprint density at radius 3 is 2.38 bits per heavy atom. The highest BCUT2D eigenvalue weighted by molar-refractivity contribution is 6.30. The van der Waals surface area contributed by atoms with Crippen molar-refractivity contribution in [3.05, 3.63) is 64.8 Å². The molecule has 4 nitrogen and oxygen atoms in total. The number of nitrogens with zero attached hydrogens (tertiary/aromatic N) is 3. The van der Waals surface area contributed by atoms with Gasteiger partial charge in [0.25, 0.3) is 0 Å². The molecule has 0 radical (unpaired) electrons. The summed E-state index contributed by atoms with van der Waals surface area (Å²) in [7, 11) is 0. The molecule has 0 bridgehead atoms. The molecule has 0 aliphatic rings. The Morgan fingerprint density at radius 1 is 1.08 bits per heavy atom. The fraction of sp³-hybridized carbons (Fsp3) is 0.125. The van der Waals surface area contributed by atoms with Crippen LogP contribution in [0.1, 0.15) is 11.3 Å². The van der Waals surface area contributed by atoms with E-state index in [0.717, 1.165) is 12.1 Å². The highest BCUT2D eigenvalue weighted by Gasteiger charge is 2.30. The van der Waals surface area contributed by atoms with Crippen LogP contribution >= 0.6 is 11.6 Å². The van der Waals surface area contributed by atoms with E-state index in [-0.39, 0.29) is 6.61 Å². The van der Waals surface area contributed by atoms with Crippen molar-refractivity contribution >= 4 is 11.6 Å². The lowest BCUT2D eigenvalue weighted by molar-refractivity contribution is -0.137. The summed E-state index contributed by atoms with van der Waals surface area (Å²) in [5.41, 5.74) is 1.07. The molecule has 0 atom stereocenters. The number of rotatable bonds is 3. The average molecular weight is 354 g/mol. The van der Waals surface area contributed by atoms with Crippen LogP contribution < -0.4 is 0 Å². The third-order valence-electron chi connectivity index (χ3n) is 3.43. The van der Waals surface area contributed by atoms with E-state index in [2.05, 4.69) is 10.3 Å². The van der Waals surface area contributed by atoms with Crippen molar-refractivity contribution in [2.45, 2.75) is 12.8 Å². The molecular weight excluding hydrogens is 343 g/mol. The Balaban J connectivity index is 2.11. The van der Waals surface area contributed by atoms with E-state index in [9.17, 15) is 18.3 Å². The highest BCUT2D eigenvalue weighted by Crippen LogP contribution is 2.31. The summed E-state index contributed by atoms with van der Waals surface area (Å²) < 4.78 is 39.4. The minimum Gasteiger partial charge on any atom is -0.390 e. The molecule has 24 heavy (non-hydrogen) atoms. The first-order valence-corrected chi connectivity index (χ1v) is 7.27. The van der Waals surface area contributed by atoms with Crippen LogP contribution in [0.3, 0.4) is 0 Å². The summed E-state index contributed by atoms with van der Waals surface area (Å²) in [6, 6.07) is 11.4. The van der Waals surface area contributed by atoms with Crippen molar-refractivity contribution in [3.8, 4) is 16.9 Å². The molecule has 2 aromatic carbocycles. The Labute approximate surface area is 140 Å². The second kappa shape index (κ2) is 6.26. The quantitative estimate of drug-likeness (QED) is 0.771. The van der Waals surface area contributed by atoms with Gasteiger partial charge in [0, 0.05) is 10.6 Å². The molecule has 0 aliphatic heterocycles. The number of halogens is 4. The van der Waals surface area contributed by atoms with Crippen molar-refractivity contribution in [1.29, 1.82) is 0 Å². The number of aliphatic hydroxyl groups excluding tert-OH is 1. The van der Waals surface area contributed by atoms with E-state index in [1.807, 2.05) is 0 Å². The molecule has 0 fully saturated rings. The topological polar surface area (TPSA) is 50.9 Å². The van der Waals surface area contributed by atoms with Gasteiger partial charge >= 0.3 is 6.18 Å². The number of hydrogen-bond acceptors (Lipinski definition) is 3. The van der Waals surface area contributed by atoms with E-state index in [4.69, 9.17) is 11.6 Å². The number of benzene rings is 2. The van der Waals surface area contributed by atoms with Gasteiger partial charge in [0.05, 0.1) is 17.9 Å². The number of hydrogen-bond donors (Lipinski definition) is 1. The molecule has 0 unspecified atom stereocenters. The van der Waals surface area contributed by atoms with Gasteiger partial charge in [0.1, 0.15) is 11.4 Å². The molecule has 3 aromatic rings. The van der Waals surface area contributed by atoms with Gasteiger partial charge in [-0.25, -0.2) is 4.68 Å². The van der Waals surface area contributed by atoms with Crippen LogP contribution in [0.2, 0.25) is 5.02 Å². The molecule has 8 heteroatoms. The summed E-state index contributed by atoms with van der Waals surface area (Å²) in [6.45, 7) is -0.359. The molecule has 1 heterocycles. The molecule has 0 saturated carbocycles. The standard InChI is InChI=1S/C16H11ClF3N3O/c17-12-3-1-2-10(8-12)15-14(9-24)21-22-23(15)13-6-4-11(5-7-13)16(18,19)20/h1-8,24H,9H2. The van der Waals surface area contributed by atoms with Crippen molar-refractivity contribution in [2.75, 3.05) is 0 Å². The smallest absolute Gasteiger partial charge is 0.390 e. The lowest BCUT2D eigenvalue weighted by atomic mass is 10.1. The first-order valence-electron chi connectivity index (χ1n) is 6.89. The SMILES string of the molecule is OCc1nnn(-c2ccc(C(F)(F)F)cc2)c1-c1cccc(Cl)c1. The first kappa shape index (κ1) is 16.5. The van der Waals surface area contributed by atoms with Crippen LogP contribution in [0.4, 0.5) is 13.2 Å². The Hall–Kier alpha value is -2.38. The van der Waals surface area contributed by atoms with Gasteiger partial charge in [0.15, 0.2) is 0 Å². The maximum absolute atomic E-state index is 12.7.